The van der Waals surface area contributed by atoms with Crippen molar-refractivity contribution in [1.82, 2.24) is 9.47 Å². The minimum atomic E-state index is 0.0520. The molecule has 3 nitrogen and oxygen atoms in total. The van der Waals surface area contributed by atoms with Crippen LogP contribution >= 0.6 is 0 Å². The minimum Gasteiger partial charge on any atom is -0.353 e. The van der Waals surface area contributed by atoms with E-state index in [1.165, 1.54) is 0 Å². The molecule has 0 unspecified atom stereocenters. The first-order chi connectivity index (χ1) is 8.58. The number of rotatable bonds is 3. The lowest BCUT2D eigenvalue weighted by atomic mass is 10.1. The molecule has 0 N–H and O–H groups in total. The molecule has 0 aliphatic rings. The molecular weight excluding hydrogens is 224 g/mol. The number of hydrogen-bond acceptors (Lipinski definition) is 1. The monoisotopic (exact) mass is 242 g/mol. The van der Waals surface area contributed by atoms with Crippen LogP contribution in [0.2, 0.25) is 0 Å². The van der Waals surface area contributed by atoms with Crippen molar-refractivity contribution in [3.05, 3.63) is 59.4 Å². The van der Waals surface area contributed by atoms with E-state index in [0.717, 1.165) is 16.8 Å². The van der Waals surface area contributed by atoms with Crippen molar-refractivity contribution < 1.29 is 4.79 Å². The number of nitrogens with zero attached hydrogens (tertiary/aromatic N) is 2. The summed E-state index contributed by atoms with van der Waals surface area (Å²) in [5.74, 6) is 0.0520. The Bertz CT molecular complexity index is 540. The topological polar surface area (TPSA) is 25.2 Å². The Kier molecular flexibility index (Phi) is 3.51. The third-order valence-electron chi connectivity index (χ3n) is 3.10. The highest BCUT2D eigenvalue weighted by molar-refractivity contribution is 5.94. The largest absolute Gasteiger partial charge is 0.353 e. The van der Waals surface area contributed by atoms with Crippen LogP contribution < -0.4 is 0 Å². The van der Waals surface area contributed by atoms with Crippen LogP contribution in [0.1, 0.15) is 21.6 Å². The van der Waals surface area contributed by atoms with E-state index in [0.29, 0.717) is 6.54 Å². The van der Waals surface area contributed by atoms with Crippen molar-refractivity contribution in [3.8, 4) is 0 Å². The van der Waals surface area contributed by atoms with Crippen LogP contribution in [0.4, 0.5) is 0 Å². The number of aryl methyl sites for hydroxylation is 2. The molecule has 0 bridgehead atoms. The van der Waals surface area contributed by atoms with Gasteiger partial charge in [0.1, 0.15) is 0 Å². The molecule has 0 saturated heterocycles. The summed E-state index contributed by atoms with van der Waals surface area (Å²) >= 11 is 0. The molecule has 3 heteroatoms. The van der Waals surface area contributed by atoms with Gasteiger partial charge in [-0.15, -0.1) is 0 Å². The van der Waals surface area contributed by atoms with Crippen molar-refractivity contribution in [2.45, 2.75) is 13.5 Å². The van der Waals surface area contributed by atoms with E-state index in [4.69, 9.17) is 0 Å². The van der Waals surface area contributed by atoms with Crippen molar-refractivity contribution in [2.75, 3.05) is 7.05 Å². The van der Waals surface area contributed by atoms with Crippen LogP contribution in [0.5, 0.6) is 0 Å². The maximum Gasteiger partial charge on any atom is 0.253 e. The number of carbonyl (C=O) groups is 1. The van der Waals surface area contributed by atoms with E-state index in [2.05, 4.69) is 0 Å². The van der Waals surface area contributed by atoms with Crippen LogP contribution in [0.15, 0.2) is 42.6 Å². The van der Waals surface area contributed by atoms with Gasteiger partial charge in [0.05, 0.1) is 6.54 Å². The van der Waals surface area contributed by atoms with Gasteiger partial charge < -0.3 is 9.47 Å². The fourth-order valence-corrected chi connectivity index (χ4v) is 1.89. The quantitative estimate of drug-likeness (QED) is 0.812. The first-order valence-corrected chi connectivity index (χ1v) is 6.00. The lowest BCUT2D eigenvalue weighted by Crippen LogP contribution is -2.27. The highest BCUT2D eigenvalue weighted by atomic mass is 16.2. The zero-order valence-corrected chi connectivity index (χ0v) is 11.1. The second kappa shape index (κ2) is 5.08. The van der Waals surface area contributed by atoms with E-state index in [9.17, 15) is 4.79 Å². The second-order valence-corrected chi connectivity index (χ2v) is 4.64. The van der Waals surface area contributed by atoms with Crippen molar-refractivity contribution in [3.63, 3.8) is 0 Å². The summed E-state index contributed by atoms with van der Waals surface area (Å²) in [6.45, 7) is 2.64. The van der Waals surface area contributed by atoms with Crippen LogP contribution in [-0.2, 0) is 13.6 Å². The Balaban J connectivity index is 2.09. The average Bonchev–Trinajstić information content (AvgIpc) is 2.75. The number of hydrogen-bond donors (Lipinski definition) is 0. The van der Waals surface area contributed by atoms with Gasteiger partial charge in [0, 0.05) is 31.5 Å². The average molecular weight is 242 g/mol. The van der Waals surface area contributed by atoms with Crippen LogP contribution in [0.3, 0.4) is 0 Å². The zero-order valence-electron chi connectivity index (χ0n) is 11.1. The van der Waals surface area contributed by atoms with Gasteiger partial charge >= 0.3 is 0 Å². The molecule has 0 fully saturated rings. The molecule has 2 aromatic rings. The van der Waals surface area contributed by atoms with Crippen LogP contribution in [0.25, 0.3) is 0 Å². The predicted molar refractivity (Wildman–Crippen MR) is 72.4 cm³/mol. The smallest absolute Gasteiger partial charge is 0.253 e. The van der Waals surface area contributed by atoms with E-state index in [1.807, 2.05) is 68.2 Å². The van der Waals surface area contributed by atoms with Gasteiger partial charge in [-0.3, -0.25) is 4.79 Å². The molecule has 0 spiro atoms. The van der Waals surface area contributed by atoms with Crippen molar-refractivity contribution in [1.29, 1.82) is 0 Å². The van der Waals surface area contributed by atoms with Gasteiger partial charge in [-0.1, -0.05) is 17.7 Å². The Hall–Kier alpha value is -2.03. The summed E-state index contributed by atoms with van der Waals surface area (Å²) in [4.78, 5) is 13.9. The maximum absolute atomic E-state index is 12.2. The molecular formula is C15H18N2O. The van der Waals surface area contributed by atoms with Gasteiger partial charge in [0.25, 0.3) is 5.91 Å². The summed E-state index contributed by atoms with van der Waals surface area (Å²) in [5, 5.41) is 0. The fraction of sp³-hybridized carbons (Fsp3) is 0.267. The third-order valence-corrected chi connectivity index (χ3v) is 3.10. The number of carbonyl (C=O) groups excluding carboxylic acids is 1. The van der Waals surface area contributed by atoms with Crippen molar-refractivity contribution in [2.24, 2.45) is 7.05 Å². The normalized spacial score (nSPS) is 10.4. The number of amides is 1. The van der Waals surface area contributed by atoms with Crippen LogP contribution in [0, 0.1) is 6.92 Å². The molecule has 0 saturated carbocycles. The van der Waals surface area contributed by atoms with E-state index in [-0.39, 0.29) is 5.91 Å². The summed E-state index contributed by atoms with van der Waals surface area (Å²) in [6.07, 6.45) is 1.99. The minimum absolute atomic E-state index is 0.0520. The molecule has 2 rings (SSSR count). The first kappa shape index (κ1) is 12.4. The second-order valence-electron chi connectivity index (χ2n) is 4.64. The standard InChI is InChI=1S/C15H18N2O/c1-12-6-8-13(9-7-12)15(18)17(3)11-14-5-4-10-16(14)2/h4-10H,11H2,1-3H3. The Morgan fingerprint density at radius 2 is 1.89 bits per heavy atom. The number of benzene rings is 1. The highest BCUT2D eigenvalue weighted by Crippen LogP contribution is 2.09. The lowest BCUT2D eigenvalue weighted by molar-refractivity contribution is 0.0782. The predicted octanol–water partition coefficient (Wildman–Crippen LogP) is 2.61. The van der Waals surface area contributed by atoms with Crippen LogP contribution in [-0.4, -0.2) is 22.4 Å². The first-order valence-electron chi connectivity index (χ1n) is 6.00. The van der Waals surface area contributed by atoms with E-state index >= 15 is 0 Å². The summed E-state index contributed by atoms with van der Waals surface area (Å²) < 4.78 is 2.03. The lowest BCUT2D eigenvalue weighted by Gasteiger charge is -2.17. The third kappa shape index (κ3) is 2.62. The molecule has 1 heterocycles. The molecule has 18 heavy (non-hydrogen) atoms. The molecule has 1 amide bonds. The fourth-order valence-electron chi connectivity index (χ4n) is 1.89. The van der Waals surface area contributed by atoms with Crippen molar-refractivity contribution >= 4 is 5.91 Å². The van der Waals surface area contributed by atoms with E-state index in [1.54, 1.807) is 4.90 Å². The van der Waals surface area contributed by atoms with E-state index < -0.39 is 0 Å². The van der Waals surface area contributed by atoms with Gasteiger partial charge in [0.15, 0.2) is 0 Å². The summed E-state index contributed by atoms with van der Waals surface area (Å²) in [5.41, 5.74) is 3.02. The van der Waals surface area contributed by atoms with Gasteiger partial charge in [-0.2, -0.15) is 0 Å². The summed E-state index contributed by atoms with van der Waals surface area (Å²) in [6, 6.07) is 11.7. The number of aromatic nitrogens is 1. The molecule has 0 aliphatic carbocycles. The molecule has 0 atom stereocenters. The highest BCUT2D eigenvalue weighted by Gasteiger charge is 2.12. The SMILES string of the molecule is Cc1ccc(C(=O)N(C)Cc2cccn2C)cc1. The molecule has 1 aromatic heterocycles. The van der Waals surface area contributed by atoms with Gasteiger partial charge in [-0.25, -0.2) is 0 Å². The van der Waals surface area contributed by atoms with Gasteiger partial charge in [0.2, 0.25) is 0 Å². The Morgan fingerprint density at radius 1 is 1.22 bits per heavy atom. The van der Waals surface area contributed by atoms with Gasteiger partial charge in [-0.05, 0) is 31.2 Å². The maximum atomic E-state index is 12.2. The Labute approximate surface area is 108 Å². The molecule has 0 radical (unpaired) electrons. The zero-order chi connectivity index (χ0) is 13.1. The Morgan fingerprint density at radius 3 is 2.44 bits per heavy atom. The molecule has 0 aliphatic heterocycles. The summed E-state index contributed by atoms with van der Waals surface area (Å²) in [7, 11) is 3.81. The molecule has 94 valence electrons. The molecule has 1 aromatic carbocycles.